The molecule has 0 bridgehead atoms. The molecule has 1 saturated heterocycles. The highest BCUT2D eigenvalue weighted by molar-refractivity contribution is 6.30. The third kappa shape index (κ3) is 2.52. The van der Waals surface area contributed by atoms with Gasteiger partial charge in [-0.3, -0.25) is 0 Å². The molecule has 1 aliphatic rings. The number of piperidine rings is 1. The number of rotatable bonds is 2. The molecule has 0 aliphatic carbocycles. The Morgan fingerprint density at radius 3 is 2.73 bits per heavy atom. The van der Waals surface area contributed by atoms with E-state index in [1.165, 1.54) is 12.8 Å². The highest BCUT2D eigenvalue weighted by Crippen LogP contribution is 2.22. The van der Waals surface area contributed by atoms with Crippen LogP contribution in [-0.2, 0) is 0 Å². The van der Waals surface area contributed by atoms with Gasteiger partial charge in [0.05, 0.1) is 17.4 Å². The lowest BCUT2D eigenvalue weighted by Gasteiger charge is -2.34. The standard InChI is InChI=1S/C10H13Cl2N3/c11-5-9-3-1-2-4-15(9)10-13-6-8(12)7-14-10/h6-7,9H,1-5H2. The van der Waals surface area contributed by atoms with E-state index < -0.39 is 0 Å². The summed E-state index contributed by atoms with van der Waals surface area (Å²) in [5.41, 5.74) is 0. The van der Waals surface area contributed by atoms with Crippen molar-refractivity contribution >= 4 is 29.2 Å². The number of hydrogen-bond donors (Lipinski definition) is 0. The maximum atomic E-state index is 5.93. The van der Waals surface area contributed by atoms with Gasteiger partial charge in [0.25, 0.3) is 0 Å². The summed E-state index contributed by atoms with van der Waals surface area (Å²) in [6.07, 6.45) is 6.80. The van der Waals surface area contributed by atoms with Gasteiger partial charge in [-0.2, -0.15) is 0 Å². The minimum atomic E-state index is 0.363. The summed E-state index contributed by atoms with van der Waals surface area (Å²) < 4.78 is 0. The van der Waals surface area contributed by atoms with E-state index >= 15 is 0 Å². The zero-order valence-corrected chi connectivity index (χ0v) is 9.88. The number of nitrogens with zero attached hydrogens (tertiary/aromatic N) is 3. The minimum absolute atomic E-state index is 0.363. The molecule has 1 unspecified atom stereocenters. The van der Waals surface area contributed by atoms with E-state index in [0.29, 0.717) is 16.9 Å². The summed E-state index contributed by atoms with van der Waals surface area (Å²) >= 11 is 11.7. The normalized spacial score (nSPS) is 21.7. The molecule has 0 radical (unpaired) electrons. The lowest BCUT2D eigenvalue weighted by molar-refractivity contribution is 0.480. The van der Waals surface area contributed by atoms with Gasteiger partial charge < -0.3 is 4.90 Å². The van der Waals surface area contributed by atoms with Crippen LogP contribution in [0.5, 0.6) is 0 Å². The summed E-state index contributed by atoms with van der Waals surface area (Å²) in [5, 5.41) is 0.568. The molecule has 2 heterocycles. The Bertz CT molecular complexity index is 315. The third-order valence-corrected chi connectivity index (χ3v) is 3.22. The van der Waals surface area contributed by atoms with Crippen molar-refractivity contribution in [2.24, 2.45) is 0 Å². The smallest absolute Gasteiger partial charge is 0.225 e. The zero-order chi connectivity index (χ0) is 10.7. The fourth-order valence-electron chi connectivity index (χ4n) is 1.88. The van der Waals surface area contributed by atoms with E-state index in [1.54, 1.807) is 12.4 Å². The van der Waals surface area contributed by atoms with Gasteiger partial charge in [-0.15, -0.1) is 11.6 Å². The van der Waals surface area contributed by atoms with Crippen molar-refractivity contribution in [1.82, 2.24) is 9.97 Å². The summed E-state index contributed by atoms with van der Waals surface area (Å²) in [7, 11) is 0. The first-order chi connectivity index (χ1) is 7.31. The van der Waals surface area contributed by atoms with Gasteiger partial charge in [0.2, 0.25) is 5.95 Å². The number of halogens is 2. The molecule has 82 valence electrons. The second kappa shape index (κ2) is 4.99. The molecule has 1 atom stereocenters. The monoisotopic (exact) mass is 245 g/mol. The van der Waals surface area contributed by atoms with Crippen molar-refractivity contribution in [2.45, 2.75) is 25.3 Å². The quantitative estimate of drug-likeness (QED) is 0.751. The number of aromatic nitrogens is 2. The Morgan fingerprint density at radius 2 is 2.07 bits per heavy atom. The Labute approximate surface area is 99.4 Å². The third-order valence-electron chi connectivity index (χ3n) is 2.67. The molecule has 5 heteroatoms. The topological polar surface area (TPSA) is 29.0 Å². The molecule has 1 fully saturated rings. The first-order valence-electron chi connectivity index (χ1n) is 5.11. The van der Waals surface area contributed by atoms with Crippen molar-refractivity contribution in [3.8, 4) is 0 Å². The van der Waals surface area contributed by atoms with Gasteiger partial charge in [0.15, 0.2) is 0 Å². The molecule has 0 aromatic carbocycles. The van der Waals surface area contributed by atoms with E-state index in [1.807, 2.05) is 0 Å². The Balaban J connectivity index is 2.16. The highest BCUT2D eigenvalue weighted by Gasteiger charge is 2.23. The van der Waals surface area contributed by atoms with Crippen LogP contribution in [-0.4, -0.2) is 28.4 Å². The van der Waals surface area contributed by atoms with Crippen LogP contribution >= 0.6 is 23.2 Å². The van der Waals surface area contributed by atoms with Crippen LogP contribution in [0.2, 0.25) is 5.02 Å². The van der Waals surface area contributed by atoms with Gasteiger partial charge >= 0.3 is 0 Å². The highest BCUT2D eigenvalue weighted by atomic mass is 35.5. The van der Waals surface area contributed by atoms with Crippen LogP contribution < -0.4 is 4.90 Å². The molecular weight excluding hydrogens is 233 g/mol. The Morgan fingerprint density at radius 1 is 1.33 bits per heavy atom. The number of alkyl halides is 1. The fourth-order valence-corrected chi connectivity index (χ4v) is 2.30. The average molecular weight is 246 g/mol. The van der Waals surface area contributed by atoms with Gasteiger partial charge in [-0.1, -0.05) is 11.6 Å². The van der Waals surface area contributed by atoms with Gasteiger partial charge in [0.1, 0.15) is 0 Å². The average Bonchev–Trinajstić information content (AvgIpc) is 2.30. The molecule has 3 nitrogen and oxygen atoms in total. The SMILES string of the molecule is ClCC1CCCCN1c1ncc(Cl)cn1. The zero-order valence-electron chi connectivity index (χ0n) is 8.37. The maximum absolute atomic E-state index is 5.93. The van der Waals surface area contributed by atoms with E-state index in [2.05, 4.69) is 14.9 Å². The lowest BCUT2D eigenvalue weighted by atomic mass is 10.0. The summed E-state index contributed by atoms with van der Waals surface area (Å²) in [6.45, 7) is 0.985. The van der Waals surface area contributed by atoms with Crippen LogP contribution in [0.4, 0.5) is 5.95 Å². The summed E-state index contributed by atoms with van der Waals surface area (Å²) in [5.74, 6) is 1.37. The fraction of sp³-hybridized carbons (Fsp3) is 0.600. The van der Waals surface area contributed by atoms with Crippen LogP contribution in [0, 0.1) is 0 Å². The molecule has 2 rings (SSSR count). The second-order valence-electron chi connectivity index (χ2n) is 3.70. The van der Waals surface area contributed by atoms with Crippen LogP contribution in [0.1, 0.15) is 19.3 Å². The van der Waals surface area contributed by atoms with Crippen LogP contribution in [0.3, 0.4) is 0 Å². The predicted molar refractivity (Wildman–Crippen MR) is 62.7 cm³/mol. The van der Waals surface area contributed by atoms with Crippen molar-refractivity contribution < 1.29 is 0 Å². The van der Waals surface area contributed by atoms with Crippen LogP contribution in [0.15, 0.2) is 12.4 Å². The molecule has 0 saturated carbocycles. The maximum Gasteiger partial charge on any atom is 0.225 e. The van der Waals surface area contributed by atoms with E-state index in [4.69, 9.17) is 23.2 Å². The largest absolute Gasteiger partial charge is 0.337 e. The van der Waals surface area contributed by atoms with Crippen molar-refractivity contribution in [2.75, 3.05) is 17.3 Å². The molecule has 15 heavy (non-hydrogen) atoms. The van der Waals surface area contributed by atoms with Crippen molar-refractivity contribution in [3.63, 3.8) is 0 Å². The van der Waals surface area contributed by atoms with E-state index in [9.17, 15) is 0 Å². The second-order valence-corrected chi connectivity index (χ2v) is 4.44. The molecular formula is C10H13Cl2N3. The van der Waals surface area contributed by atoms with Crippen molar-refractivity contribution in [3.05, 3.63) is 17.4 Å². The van der Waals surface area contributed by atoms with Gasteiger partial charge in [0, 0.05) is 18.5 Å². The molecule has 1 aliphatic heterocycles. The first kappa shape index (κ1) is 11.0. The molecule has 1 aromatic heterocycles. The van der Waals surface area contributed by atoms with E-state index in [0.717, 1.165) is 18.9 Å². The molecule has 0 spiro atoms. The predicted octanol–water partition coefficient (Wildman–Crippen LogP) is 2.73. The summed E-state index contributed by atoms with van der Waals surface area (Å²) in [6, 6.07) is 0.363. The van der Waals surface area contributed by atoms with E-state index in [-0.39, 0.29) is 0 Å². The van der Waals surface area contributed by atoms with Crippen LogP contribution in [0.25, 0.3) is 0 Å². The first-order valence-corrected chi connectivity index (χ1v) is 6.02. The van der Waals surface area contributed by atoms with Crippen molar-refractivity contribution in [1.29, 1.82) is 0 Å². The molecule has 0 N–H and O–H groups in total. The Kier molecular flexibility index (Phi) is 3.65. The lowest BCUT2D eigenvalue weighted by Crippen LogP contribution is -2.41. The number of hydrogen-bond acceptors (Lipinski definition) is 3. The molecule has 1 aromatic rings. The summed E-state index contributed by atoms with van der Waals surface area (Å²) in [4.78, 5) is 10.6. The molecule has 0 amide bonds. The van der Waals surface area contributed by atoms with Gasteiger partial charge in [-0.05, 0) is 19.3 Å². The van der Waals surface area contributed by atoms with Gasteiger partial charge in [-0.25, -0.2) is 9.97 Å². The number of anilines is 1. The Hall–Kier alpha value is -0.540. The minimum Gasteiger partial charge on any atom is -0.337 e.